The van der Waals surface area contributed by atoms with Crippen LogP contribution in [-0.2, 0) is 0 Å². The number of rotatable bonds is 6. The lowest BCUT2D eigenvalue weighted by Gasteiger charge is -2.13. The van der Waals surface area contributed by atoms with E-state index in [2.05, 4.69) is 64.1 Å². The highest BCUT2D eigenvalue weighted by molar-refractivity contribution is 5.37. The lowest BCUT2D eigenvalue weighted by molar-refractivity contribution is -0.599. The summed E-state index contributed by atoms with van der Waals surface area (Å²) in [7, 11) is 3.52. The third-order valence-electron chi connectivity index (χ3n) is 3.82. The first kappa shape index (κ1) is 18.1. The van der Waals surface area contributed by atoms with Gasteiger partial charge in [-0.1, -0.05) is 39.8 Å². The van der Waals surface area contributed by atoms with Gasteiger partial charge in [-0.2, -0.15) is 0 Å². The first-order chi connectivity index (χ1) is 11.0. The van der Waals surface area contributed by atoms with E-state index in [0.29, 0.717) is 11.8 Å². The van der Waals surface area contributed by atoms with E-state index in [1.807, 2.05) is 0 Å². The monoisotopic (exact) mass is 425 g/mol. The van der Waals surface area contributed by atoms with Crippen LogP contribution in [0.1, 0.15) is 50.7 Å². The van der Waals surface area contributed by atoms with Crippen LogP contribution in [0.15, 0.2) is 36.4 Å². The molecule has 0 radical (unpaired) electrons. The fraction of sp³-hybridized carbons (Fsp3) is 0.400. The van der Waals surface area contributed by atoms with E-state index in [9.17, 15) is 0 Å². The zero-order valence-electron chi connectivity index (χ0n) is 14.8. The molecule has 2 rings (SSSR count). The Morgan fingerprint density at radius 1 is 0.696 bits per heavy atom. The Labute approximate surface area is 150 Å². The molecule has 124 valence electrons. The van der Waals surface area contributed by atoms with Gasteiger partial charge in [-0.05, 0) is 36.1 Å². The summed E-state index contributed by atoms with van der Waals surface area (Å²) in [6.07, 6.45) is 0. The van der Waals surface area contributed by atoms with Crippen molar-refractivity contribution in [2.24, 2.45) is 0 Å². The lowest BCUT2D eigenvalue weighted by Crippen LogP contribution is -3.62. The molecule has 0 aromatic heterocycles. The summed E-state index contributed by atoms with van der Waals surface area (Å²) in [6.45, 7) is 8.94. The van der Waals surface area contributed by atoms with Gasteiger partial charge in [-0.15, -0.1) is 0 Å². The quantitative estimate of drug-likeness (QED) is 0.660. The zero-order chi connectivity index (χ0) is 17.0. The number of hydrogen-bond acceptors (Lipinski definition) is 2. The van der Waals surface area contributed by atoms with E-state index in [1.165, 1.54) is 18.3 Å². The molecule has 0 aliphatic rings. The van der Waals surface area contributed by atoms with Crippen molar-refractivity contribution < 1.29 is 30.7 Å². The van der Waals surface area contributed by atoms with Crippen LogP contribution < -0.4 is 30.7 Å². The first-order valence-corrected chi connectivity index (χ1v) is 10.1. The number of ether oxygens (including phenoxy) is 2. The maximum Gasteiger partial charge on any atom is 0.358 e. The van der Waals surface area contributed by atoms with Crippen molar-refractivity contribution in [2.75, 3.05) is 14.2 Å². The van der Waals surface area contributed by atoms with Crippen LogP contribution in [-0.4, -0.2) is 14.2 Å². The number of methoxy groups -OCH3 is 2. The molecule has 0 aliphatic heterocycles. The van der Waals surface area contributed by atoms with E-state index in [0.717, 1.165) is 11.5 Å². The second kappa shape index (κ2) is 8.04. The molecule has 0 fully saturated rings. The highest BCUT2D eigenvalue weighted by atomic mass is 127. The molecule has 0 atom stereocenters. The number of halogens is 1. The van der Waals surface area contributed by atoms with Crippen molar-refractivity contribution >= 4 is 0 Å². The minimum atomic E-state index is -0.288. The van der Waals surface area contributed by atoms with Gasteiger partial charge in [0.2, 0.25) is 7.14 Å². The topological polar surface area (TPSA) is 18.5 Å². The molecule has 0 saturated carbocycles. The Kier molecular flexibility index (Phi) is 6.33. The van der Waals surface area contributed by atoms with Crippen LogP contribution in [0.4, 0.5) is 0 Å². The Hall–Kier alpha value is -1.23. The van der Waals surface area contributed by atoms with Gasteiger partial charge in [0.25, 0.3) is 0 Å². The van der Waals surface area contributed by atoms with Gasteiger partial charge in [0.05, 0.1) is 25.3 Å². The lowest BCUT2D eigenvalue weighted by atomic mass is 10.0. The minimum absolute atomic E-state index is 0.288. The third kappa shape index (κ3) is 4.00. The molecule has 0 spiro atoms. The second-order valence-corrected chi connectivity index (χ2v) is 8.98. The Bertz CT molecular complexity index is 605. The maximum absolute atomic E-state index is 5.60. The predicted octanol–water partition coefficient (Wildman–Crippen LogP) is 2.08. The second-order valence-electron chi connectivity index (χ2n) is 6.12. The van der Waals surface area contributed by atoms with Crippen molar-refractivity contribution in [3.63, 3.8) is 0 Å². The fourth-order valence-corrected chi connectivity index (χ4v) is 6.54. The molecule has 0 aliphatic carbocycles. The smallest absolute Gasteiger partial charge is 0.358 e. The molecule has 2 aromatic carbocycles. The van der Waals surface area contributed by atoms with E-state index in [4.69, 9.17) is 9.47 Å². The molecule has 0 amide bonds. The van der Waals surface area contributed by atoms with Gasteiger partial charge < -0.3 is 9.47 Å². The SMILES string of the molecule is COc1cccc([I+]c2cccc(OC)c2C(C)C)c1C(C)C. The normalized spacial score (nSPS) is 11.1. The summed E-state index contributed by atoms with van der Waals surface area (Å²) in [4.78, 5) is 0. The molecule has 0 unspecified atom stereocenters. The standard InChI is InChI=1S/C20H26IO2/c1-13(2)19-15(9-7-11-17(19)22-5)21-16-10-8-12-18(23-6)20(16)14(3)4/h7-14H,1-6H3/q+1. The minimum Gasteiger partial charge on any atom is -0.496 e. The highest BCUT2D eigenvalue weighted by Crippen LogP contribution is 2.27. The molecule has 3 heteroatoms. The summed E-state index contributed by atoms with van der Waals surface area (Å²) in [5, 5.41) is 0. The highest BCUT2D eigenvalue weighted by Gasteiger charge is 2.29. The summed E-state index contributed by atoms with van der Waals surface area (Å²) in [5.41, 5.74) is 2.70. The molecular formula is C20H26IO2+. The van der Waals surface area contributed by atoms with Gasteiger partial charge in [0.15, 0.2) is 0 Å². The fourth-order valence-electron chi connectivity index (χ4n) is 2.79. The summed E-state index contributed by atoms with van der Waals surface area (Å²) < 4.78 is 14.1. The van der Waals surface area contributed by atoms with Crippen LogP contribution in [0.5, 0.6) is 11.5 Å². The van der Waals surface area contributed by atoms with Gasteiger partial charge in [-0.3, -0.25) is 0 Å². The molecule has 2 aromatic rings. The van der Waals surface area contributed by atoms with Gasteiger partial charge in [-0.25, -0.2) is 0 Å². The van der Waals surface area contributed by atoms with Crippen molar-refractivity contribution in [1.82, 2.24) is 0 Å². The van der Waals surface area contributed by atoms with Crippen molar-refractivity contribution in [1.29, 1.82) is 0 Å². The molecule has 0 saturated heterocycles. The Balaban J connectivity index is 2.52. The van der Waals surface area contributed by atoms with E-state index in [-0.39, 0.29) is 21.2 Å². The predicted molar refractivity (Wildman–Crippen MR) is 91.6 cm³/mol. The first-order valence-electron chi connectivity index (χ1n) is 7.98. The van der Waals surface area contributed by atoms with Crippen LogP contribution in [0.2, 0.25) is 0 Å². The van der Waals surface area contributed by atoms with Crippen LogP contribution in [0.3, 0.4) is 0 Å². The third-order valence-corrected chi connectivity index (χ3v) is 6.87. The molecule has 0 bridgehead atoms. The van der Waals surface area contributed by atoms with Gasteiger partial charge in [0.1, 0.15) is 11.5 Å². The average molecular weight is 425 g/mol. The van der Waals surface area contributed by atoms with E-state index < -0.39 is 0 Å². The van der Waals surface area contributed by atoms with Crippen molar-refractivity contribution in [3.05, 3.63) is 54.7 Å². The average Bonchev–Trinajstić information content (AvgIpc) is 2.53. The molecule has 2 nitrogen and oxygen atoms in total. The largest absolute Gasteiger partial charge is 0.496 e. The Morgan fingerprint density at radius 2 is 1.09 bits per heavy atom. The van der Waals surface area contributed by atoms with Crippen LogP contribution >= 0.6 is 0 Å². The van der Waals surface area contributed by atoms with Crippen LogP contribution in [0, 0.1) is 7.14 Å². The van der Waals surface area contributed by atoms with Crippen molar-refractivity contribution in [3.8, 4) is 11.5 Å². The number of hydrogen-bond donors (Lipinski definition) is 0. The molecular weight excluding hydrogens is 399 g/mol. The van der Waals surface area contributed by atoms with Crippen molar-refractivity contribution in [2.45, 2.75) is 39.5 Å². The summed E-state index contributed by atoms with van der Waals surface area (Å²) in [6, 6.07) is 12.9. The Morgan fingerprint density at radius 3 is 1.39 bits per heavy atom. The number of benzene rings is 2. The van der Waals surface area contributed by atoms with Crippen LogP contribution in [0.25, 0.3) is 0 Å². The zero-order valence-corrected chi connectivity index (χ0v) is 17.0. The van der Waals surface area contributed by atoms with E-state index >= 15 is 0 Å². The van der Waals surface area contributed by atoms with Gasteiger partial charge in [0, 0.05) is 0 Å². The van der Waals surface area contributed by atoms with E-state index in [1.54, 1.807) is 14.2 Å². The maximum atomic E-state index is 5.60. The molecule has 0 heterocycles. The molecule has 0 N–H and O–H groups in total. The molecule has 23 heavy (non-hydrogen) atoms. The summed E-state index contributed by atoms with van der Waals surface area (Å²) >= 11 is -0.288. The van der Waals surface area contributed by atoms with Gasteiger partial charge >= 0.3 is 21.2 Å². The summed E-state index contributed by atoms with van der Waals surface area (Å²) in [5.74, 6) is 2.92.